The predicted octanol–water partition coefficient (Wildman–Crippen LogP) is 3.32. The molecule has 2 unspecified atom stereocenters. The molecule has 4 nitrogen and oxygen atoms in total. The zero-order chi connectivity index (χ0) is 14.9. The van der Waals surface area contributed by atoms with E-state index in [2.05, 4.69) is 0 Å². The Morgan fingerprint density at radius 1 is 1.35 bits per heavy atom. The van der Waals surface area contributed by atoms with Crippen LogP contribution in [-0.2, 0) is 4.79 Å². The van der Waals surface area contributed by atoms with Crippen LogP contribution in [0.15, 0.2) is 18.2 Å². The quantitative estimate of drug-likeness (QED) is 0.910. The van der Waals surface area contributed by atoms with Gasteiger partial charge in [0.25, 0.3) is 5.91 Å². The number of carbonyl (C=O) groups is 2. The summed E-state index contributed by atoms with van der Waals surface area (Å²) < 4.78 is 0. The van der Waals surface area contributed by atoms with Gasteiger partial charge in [0.1, 0.15) is 0 Å². The van der Waals surface area contributed by atoms with Crippen LogP contribution in [0.4, 0.5) is 0 Å². The van der Waals surface area contributed by atoms with Gasteiger partial charge in [0, 0.05) is 17.6 Å². The van der Waals surface area contributed by atoms with Gasteiger partial charge in [-0.2, -0.15) is 0 Å². The van der Waals surface area contributed by atoms with Crippen molar-refractivity contribution in [2.24, 2.45) is 5.92 Å². The Morgan fingerprint density at radius 3 is 2.65 bits per heavy atom. The maximum absolute atomic E-state index is 12.5. The summed E-state index contributed by atoms with van der Waals surface area (Å²) in [5.41, 5.74) is 0.361. The first-order valence-corrected chi connectivity index (χ1v) is 7.14. The highest BCUT2D eigenvalue weighted by Gasteiger charge is 2.33. The van der Waals surface area contributed by atoms with Crippen LogP contribution >= 0.6 is 23.2 Å². The van der Waals surface area contributed by atoms with E-state index >= 15 is 0 Å². The second-order valence-electron chi connectivity index (χ2n) is 5.03. The number of amides is 1. The summed E-state index contributed by atoms with van der Waals surface area (Å²) in [5, 5.41) is 9.84. The number of carbonyl (C=O) groups excluding carboxylic acids is 1. The maximum Gasteiger partial charge on any atom is 0.306 e. The second-order valence-corrected chi connectivity index (χ2v) is 5.87. The van der Waals surface area contributed by atoms with Gasteiger partial charge in [-0.05, 0) is 38.0 Å². The van der Waals surface area contributed by atoms with Crippen LogP contribution in [0.1, 0.15) is 30.1 Å². The zero-order valence-electron chi connectivity index (χ0n) is 11.0. The zero-order valence-corrected chi connectivity index (χ0v) is 12.5. The largest absolute Gasteiger partial charge is 0.481 e. The molecule has 0 radical (unpaired) electrons. The van der Waals surface area contributed by atoms with Gasteiger partial charge in [-0.25, -0.2) is 0 Å². The first-order valence-electron chi connectivity index (χ1n) is 6.39. The summed E-state index contributed by atoms with van der Waals surface area (Å²) in [5.74, 6) is -1.39. The van der Waals surface area contributed by atoms with E-state index in [1.54, 1.807) is 23.1 Å². The molecule has 6 heteroatoms. The van der Waals surface area contributed by atoms with Crippen molar-refractivity contribution in [2.45, 2.75) is 25.8 Å². The first kappa shape index (κ1) is 15.1. The predicted molar refractivity (Wildman–Crippen MR) is 77.3 cm³/mol. The van der Waals surface area contributed by atoms with Gasteiger partial charge < -0.3 is 10.0 Å². The number of rotatable bonds is 2. The van der Waals surface area contributed by atoms with Crippen molar-refractivity contribution < 1.29 is 14.7 Å². The summed E-state index contributed by atoms with van der Waals surface area (Å²) in [4.78, 5) is 25.2. The van der Waals surface area contributed by atoms with Crippen LogP contribution in [0.25, 0.3) is 0 Å². The minimum Gasteiger partial charge on any atom is -0.481 e. The van der Waals surface area contributed by atoms with Crippen molar-refractivity contribution >= 4 is 35.1 Å². The highest BCUT2D eigenvalue weighted by Crippen LogP contribution is 2.28. The molecule has 1 aliphatic heterocycles. The number of hydrogen-bond donors (Lipinski definition) is 1. The van der Waals surface area contributed by atoms with E-state index in [0.717, 1.165) is 0 Å². The minimum atomic E-state index is -0.801. The van der Waals surface area contributed by atoms with Gasteiger partial charge >= 0.3 is 5.97 Å². The molecule has 0 bridgehead atoms. The highest BCUT2D eigenvalue weighted by atomic mass is 35.5. The van der Waals surface area contributed by atoms with E-state index in [1.807, 2.05) is 6.92 Å². The first-order chi connectivity index (χ1) is 9.40. The number of nitrogens with zero attached hydrogens (tertiary/aromatic N) is 1. The Balaban J connectivity index is 2.18. The van der Waals surface area contributed by atoms with Crippen molar-refractivity contribution in [1.29, 1.82) is 0 Å². The second kappa shape index (κ2) is 6.02. The number of halogens is 2. The smallest absolute Gasteiger partial charge is 0.306 e. The van der Waals surface area contributed by atoms with Gasteiger partial charge in [0.15, 0.2) is 0 Å². The fourth-order valence-corrected chi connectivity index (χ4v) is 2.88. The molecule has 1 saturated heterocycles. The summed E-state index contributed by atoms with van der Waals surface area (Å²) in [7, 11) is 0. The Morgan fingerprint density at radius 2 is 2.05 bits per heavy atom. The lowest BCUT2D eigenvalue weighted by atomic mass is 9.91. The molecule has 2 atom stereocenters. The van der Waals surface area contributed by atoms with E-state index in [-0.39, 0.29) is 17.9 Å². The van der Waals surface area contributed by atoms with Crippen molar-refractivity contribution in [1.82, 2.24) is 4.90 Å². The van der Waals surface area contributed by atoms with Crippen LogP contribution in [0, 0.1) is 5.92 Å². The molecule has 20 heavy (non-hydrogen) atoms. The van der Waals surface area contributed by atoms with Crippen molar-refractivity contribution in [3.63, 3.8) is 0 Å². The molecule has 1 amide bonds. The molecular formula is C14H15Cl2NO3. The fraction of sp³-hybridized carbons (Fsp3) is 0.429. The van der Waals surface area contributed by atoms with Crippen LogP contribution in [0.3, 0.4) is 0 Å². The van der Waals surface area contributed by atoms with Crippen molar-refractivity contribution in [3.8, 4) is 0 Å². The molecule has 108 valence electrons. The Kier molecular flexibility index (Phi) is 4.55. The fourth-order valence-electron chi connectivity index (χ4n) is 2.51. The Bertz CT molecular complexity index is 547. The lowest BCUT2D eigenvalue weighted by molar-refractivity contribution is -0.143. The number of piperidine rings is 1. The van der Waals surface area contributed by atoms with E-state index in [1.165, 1.54) is 0 Å². The molecule has 1 N–H and O–H groups in total. The molecular weight excluding hydrogens is 301 g/mol. The van der Waals surface area contributed by atoms with E-state index in [0.29, 0.717) is 35.0 Å². The van der Waals surface area contributed by atoms with Gasteiger partial charge in [-0.3, -0.25) is 9.59 Å². The highest BCUT2D eigenvalue weighted by molar-refractivity contribution is 6.35. The van der Waals surface area contributed by atoms with Gasteiger partial charge in [-0.1, -0.05) is 23.2 Å². The number of hydrogen-bond acceptors (Lipinski definition) is 2. The minimum absolute atomic E-state index is 0.132. The van der Waals surface area contributed by atoms with Crippen molar-refractivity contribution in [2.75, 3.05) is 6.54 Å². The number of carboxylic acid groups (broad SMARTS) is 1. The number of aliphatic carboxylic acids is 1. The molecule has 0 spiro atoms. The lowest BCUT2D eigenvalue weighted by Gasteiger charge is -2.36. The molecule has 2 rings (SSSR count). The summed E-state index contributed by atoms with van der Waals surface area (Å²) >= 11 is 11.9. The number of carboxylic acids is 1. The molecule has 1 aromatic rings. The van der Waals surface area contributed by atoms with E-state index in [9.17, 15) is 9.59 Å². The molecule has 1 fully saturated rings. The number of benzene rings is 1. The Hall–Kier alpha value is -1.26. The van der Waals surface area contributed by atoms with E-state index in [4.69, 9.17) is 28.3 Å². The third kappa shape index (κ3) is 3.07. The normalized spacial score (nSPS) is 22.6. The van der Waals surface area contributed by atoms with Gasteiger partial charge in [-0.15, -0.1) is 0 Å². The maximum atomic E-state index is 12.5. The summed E-state index contributed by atoms with van der Waals surface area (Å²) in [6.45, 7) is 2.27. The van der Waals surface area contributed by atoms with Gasteiger partial charge in [0.05, 0.1) is 16.5 Å². The number of likely N-dealkylation sites (tertiary alicyclic amines) is 1. The van der Waals surface area contributed by atoms with Crippen molar-refractivity contribution in [3.05, 3.63) is 33.8 Å². The van der Waals surface area contributed by atoms with Gasteiger partial charge in [0.2, 0.25) is 0 Å². The SMILES string of the molecule is CC1CC(C(=O)O)CCN1C(=O)c1cc(Cl)ccc1Cl. The Labute approximate surface area is 127 Å². The molecule has 0 saturated carbocycles. The lowest BCUT2D eigenvalue weighted by Crippen LogP contribution is -2.46. The molecule has 1 aliphatic rings. The van der Waals surface area contributed by atoms with Crippen LogP contribution in [0.5, 0.6) is 0 Å². The summed E-state index contributed by atoms with van der Waals surface area (Å²) in [6, 6.07) is 4.63. The average molecular weight is 316 g/mol. The van der Waals surface area contributed by atoms with Crippen LogP contribution in [0.2, 0.25) is 10.0 Å². The third-order valence-electron chi connectivity index (χ3n) is 3.65. The molecule has 1 aromatic carbocycles. The monoisotopic (exact) mass is 315 g/mol. The topological polar surface area (TPSA) is 57.6 Å². The standard InChI is InChI=1S/C14H15Cl2NO3/c1-8-6-9(14(19)20)4-5-17(8)13(18)11-7-10(15)2-3-12(11)16/h2-3,7-9H,4-6H2,1H3,(H,19,20). The molecule has 0 aromatic heterocycles. The van der Waals surface area contributed by atoms with E-state index < -0.39 is 5.97 Å². The van der Waals surface area contributed by atoms with Crippen LogP contribution < -0.4 is 0 Å². The van der Waals surface area contributed by atoms with Crippen LogP contribution in [-0.4, -0.2) is 34.5 Å². The molecule has 1 heterocycles. The summed E-state index contributed by atoms with van der Waals surface area (Å²) in [6.07, 6.45) is 0.920. The molecule has 0 aliphatic carbocycles. The third-order valence-corrected chi connectivity index (χ3v) is 4.21. The average Bonchev–Trinajstić information content (AvgIpc) is 2.40.